The molecule has 5 aromatic rings. The van der Waals surface area contributed by atoms with Gasteiger partial charge in [0.25, 0.3) is 0 Å². The normalized spacial score (nSPS) is 11.5. The molecular formula is C21H13BS2. The fourth-order valence-corrected chi connectivity index (χ4v) is 5.95. The Hall–Kier alpha value is -2.23. The first-order chi connectivity index (χ1) is 11.8. The average Bonchev–Trinajstić information content (AvgIpc) is 3.17. The summed E-state index contributed by atoms with van der Waals surface area (Å²) in [6.07, 6.45) is 0. The van der Waals surface area contributed by atoms with Crippen molar-refractivity contribution in [2.24, 2.45) is 0 Å². The van der Waals surface area contributed by atoms with E-state index in [1.165, 1.54) is 46.3 Å². The van der Waals surface area contributed by atoms with Crippen molar-refractivity contribution in [3.8, 4) is 11.1 Å². The van der Waals surface area contributed by atoms with Crippen LogP contribution >= 0.6 is 22.7 Å². The minimum atomic E-state index is 1.19. The molecule has 0 saturated heterocycles. The van der Waals surface area contributed by atoms with Crippen molar-refractivity contribution in [1.82, 2.24) is 0 Å². The first-order valence-corrected chi connectivity index (χ1v) is 9.53. The van der Waals surface area contributed by atoms with E-state index < -0.39 is 0 Å². The molecule has 0 amide bonds. The van der Waals surface area contributed by atoms with Gasteiger partial charge >= 0.3 is 131 Å². The van der Waals surface area contributed by atoms with Gasteiger partial charge in [-0.15, -0.1) is 0 Å². The third-order valence-corrected chi connectivity index (χ3v) is 6.95. The van der Waals surface area contributed by atoms with Crippen molar-refractivity contribution in [3.63, 3.8) is 0 Å². The van der Waals surface area contributed by atoms with Crippen LogP contribution in [0, 0.1) is 0 Å². The molecule has 0 bridgehead atoms. The van der Waals surface area contributed by atoms with Crippen LogP contribution in [0.2, 0.25) is 0 Å². The quantitative estimate of drug-likeness (QED) is 0.346. The third kappa shape index (κ3) is 2.09. The van der Waals surface area contributed by atoms with E-state index in [0.717, 1.165) is 0 Å². The van der Waals surface area contributed by atoms with Gasteiger partial charge in [0.05, 0.1) is 0 Å². The first-order valence-electron chi connectivity index (χ1n) is 7.90. The zero-order valence-corrected chi connectivity index (χ0v) is 14.6. The van der Waals surface area contributed by atoms with Crippen molar-refractivity contribution >= 4 is 65.7 Å². The molecule has 0 aliphatic carbocycles. The molecule has 2 aromatic heterocycles. The Bertz CT molecular complexity index is 1210. The summed E-state index contributed by atoms with van der Waals surface area (Å²) in [5.74, 6) is 1.91. The van der Waals surface area contributed by atoms with Gasteiger partial charge in [-0.1, -0.05) is 18.2 Å². The number of fused-ring (bicyclic) bond motifs is 5. The van der Waals surface area contributed by atoms with Gasteiger partial charge in [0.2, 0.25) is 0 Å². The number of thiophene rings is 2. The molecule has 0 aliphatic heterocycles. The van der Waals surface area contributed by atoms with E-state index in [0.29, 0.717) is 0 Å². The molecule has 0 atom stereocenters. The SMILES string of the molecule is B=Cc1ccc2c(c1)sc1c3ccc(-c4ccccc4)cc3sc21. The number of rotatable bonds is 2. The molecule has 0 radical (unpaired) electrons. The van der Waals surface area contributed by atoms with E-state index in [2.05, 4.69) is 74.2 Å². The molecule has 5 rings (SSSR count). The Labute approximate surface area is 149 Å². The summed E-state index contributed by atoms with van der Waals surface area (Å²) in [7, 11) is 3.87. The monoisotopic (exact) mass is 340 g/mol. The minimum absolute atomic E-state index is 1.19. The average molecular weight is 340 g/mol. The van der Waals surface area contributed by atoms with Gasteiger partial charge in [0.15, 0.2) is 0 Å². The number of hydrogen-bond acceptors (Lipinski definition) is 2. The summed E-state index contributed by atoms with van der Waals surface area (Å²) in [5, 5.41) is 2.74. The van der Waals surface area contributed by atoms with Gasteiger partial charge in [-0.2, -0.15) is 0 Å². The second kappa shape index (κ2) is 5.40. The first kappa shape index (κ1) is 14.1. The van der Waals surface area contributed by atoms with Crippen LogP contribution in [0.25, 0.3) is 40.7 Å². The predicted molar refractivity (Wildman–Crippen MR) is 112 cm³/mol. The molecule has 0 nitrogen and oxygen atoms in total. The second-order valence-electron chi connectivity index (χ2n) is 5.90. The molecule has 3 aromatic carbocycles. The zero-order chi connectivity index (χ0) is 16.1. The van der Waals surface area contributed by atoms with Crippen molar-refractivity contribution in [1.29, 1.82) is 0 Å². The summed E-state index contributed by atoms with van der Waals surface area (Å²) in [6, 6.07) is 24.1. The Morgan fingerprint density at radius 1 is 0.667 bits per heavy atom. The molecular weight excluding hydrogens is 327 g/mol. The van der Waals surface area contributed by atoms with Crippen LogP contribution in [0.1, 0.15) is 5.56 Å². The van der Waals surface area contributed by atoms with Crippen LogP contribution in [0.15, 0.2) is 66.7 Å². The van der Waals surface area contributed by atoms with Gasteiger partial charge in [-0.3, -0.25) is 0 Å². The van der Waals surface area contributed by atoms with E-state index >= 15 is 0 Å². The molecule has 0 spiro atoms. The van der Waals surface area contributed by atoms with Crippen LogP contribution < -0.4 is 0 Å². The van der Waals surface area contributed by atoms with Gasteiger partial charge < -0.3 is 0 Å². The van der Waals surface area contributed by atoms with Crippen molar-refractivity contribution in [3.05, 3.63) is 72.3 Å². The molecule has 112 valence electrons. The van der Waals surface area contributed by atoms with E-state index in [4.69, 9.17) is 0 Å². The standard InChI is InChI=1S/C21H13BS2/c22-12-13-6-8-16-18(10-13)23-21-17-9-7-15(11-19(17)24-20(16)21)14-4-2-1-3-5-14/h1-12,22H. The van der Waals surface area contributed by atoms with Crippen LogP contribution in [-0.2, 0) is 0 Å². The van der Waals surface area contributed by atoms with Crippen molar-refractivity contribution in [2.75, 3.05) is 0 Å². The topological polar surface area (TPSA) is 0 Å². The van der Waals surface area contributed by atoms with Crippen LogP contribution in [-0.4, -0.2) is 13.5 Å². The number of hydrogen-bond donors (Lipinski definition) is 0. The molecule has 2 heterocycles. The van der Waals surface area contributed by atoms with Crippen LogP contribution in [0.3, 0.4) is 0 Å². The summed E-state index contributed by atoms with van der Waals surface area (Å²) in [6.45, 7) is 0. The Kier molecular flexibility index (Phi) is 3.18. The fraction of sp³-hybridized carbons (Fsp3) is 0. The maximum atomic E-state index is 3.87. The second-order valence-corrected chi connectivity index (χ2v) is 8.00. The van der Waals surface area contributed by atoms with Crippen LogP contribution in [0.4, 0.5) is 0 Å². The van der Waals surface area contributed by atoms with Gasteiger partial charge in [0.1, 0.15) is 0 Å². The van der Waals surface area contributed by atoms with Gasteiger partial charge in [-0.05, 0) is 0 Å². The maximum absolute atomic E-state index is 3.87. The Balaban J connectivity index is 1.77. The predicted octanol–water partition coefficient (Wildman–Crippen LogP) is 5.99. The van der Waals surface area contributed by atoms with E-state index in [-0.39, 0.29) is 0 Å². The number of benzene rings is 3. The zero-order valence-electron chi connectivity index (χ0n) is 13.0. The summed E-state index contributed by atoms with van der Waals surface area (Å²) in [5.41, 5.74) is 3.75. The third-order valence-electron chi connectivity index (χ3n) is 4.45. The Morgan fingerprint density at radius 2 is 1.33 bits per heavy atom. The summed E-state index contributed by atoms with van der Waals surface area (Å²) >= 11 is 3.80. The van der Waals surface area contributed by atoms with Crippen molar-refractivity contribution in [2.45, 2.75) is 0 Å². The molecule has 0 N–H and O–H groups in total. The summed E-state index contributed by atoms with van der Waals surface area (Å²) in [4.78, 5) is 0. The van der Waals surface area contributed by atoms with Gasteiger partial charge in [-0.25, -0.2) is 0 Å². The Morgan fingerprint density at radius 3 is 2.04 bits per heavy atom. The van der Waals surface area contributed by atoms with E-state index in [9.17, 15) is 0 Å². The van der Waals surface area contributed by atoms with Crippen LogP contribution in [0.5, 0.6) is 0 Å². The summed E-state index contributed by atoms with van der Waals surface area (Å²) < 4.78 is 5.53. The van der Waals surface area contributed by atoms with E-state index in [1.54, 1.807) is 0 Å². The molecule has 0 unspecified atom stereocenters. The molecule has 0 aliphatic rings. The van der Waals surface area contributed by atoms with E-state index in [1.807, 2.05) is 28.6 Å². The fourth-order valence-electron chi connectivity index (χ4n) is 3.21. The molecule has 0 saturated carbocycles. The molecule has 0 fully saturated rings. The molecule has 3 heteroatoms. The molecule has 24 heavy (non-hydrogen) atoms. The van der Waals surface area contributed by atoms with Crippen molar-refractivity contribution < 1.29 is 0 Å². The van der Waals surface area contributed by atoms with Gasteiger partial charge in [0, 0.05) is 0 Å².